The number of ether oxygens (including phenoxy) is 2. The summed E-state index contributed by atoms with van der Waals surface area (Å²) in [5.41, 5.74) is 0.123. The van der Waals surface area contributed by atoms with Crippen molar-refractivity contribution in [3.63, 3.8) is 0 Å². The van der Waals surface area contributed by atoms with Gasteiger partial charge in [-0.25, -0.2) is 0 Å². The fraction of sp³-hybridized carbons (Fsp3) is 0.562. The molecule has 0 aliphatic heterocycles. The molecular weight excluding hydrogens is 287 g/mol. The van der Waals surface area contributed by atoms with Gasteiger partial charge in [0.05, 0.1) is 14.2 Å². The van der Waals surface area contributed by atoms with Crippen LogP contribution in [0.3, 0.4) is 0 Å². The van der Waals surface area contributed by atoms with Crippen LogP contribution in [0.15, 0.2) is 18.2 Å². The van der Waals surface area contributed by atoms with E-state index in [2.05, 4.69) is 20.8 Å². The molecule has 1 aromatic rings. The van der Waals surface area contributed by atoms with Gasteiger partial charge in [0, 0.05) is 6.16 Å². The molecule has 0 spiro atoms. The Morgan fingerprint density at radius 2 is 1.67 bits per heavy atom. The van der Waals surface area contributed by atoms with Gasteiger partial charge in [0.2, 0.25) is 5.52 Å². The zero-order valence-electron chi connectivity index (χ0n) is 13.5. The van der Waals surface area contributed by atoms with Crippen LogP contribution < -0.4 is 9.47 Å². The minimum atomic E-state index is -2.35. The summed E-state index contributed by atoms with van der Waals surface area (Å²) in [6, 6.07) is 5.10. The van der Waals surface area contributed by atoms with Gasteiger partial charge in [-0.2, -0.15) is 0 Å². The van der Waals surface area contributed by atoms with Crippen LogP contribution in [0.2, 0.25) is 0 Å². The van der Waals surface area contributed by atoms with Crippen LogP contribution in [0.1, 0.15) is 44.0 Å². The van der Waals surface area contributed by atoms with E-state index in [1.807, 2.05) is 0 Å². The number of hydrogen-bond donors (Lipinski definition) is 0. The van der Waals surface area contributed by atoms with Crippen molar-refractivity contribution in [3.05, 3.63) is 23.8 Å². The fourth-order valence-electron chi connectivity index (χ4n) is 2.11. The summed E-state index contributed by atoms with van der Waals surface area (Å²) in [5, 5.41) is 0. The lowest BCUT2D eigenvalue weighted by atomic mass is 9.91. The molecular formula is C16H25O4P. The number of carbonyl (C=O) groups is 1. The summed E-state index contributed by atoms with van der Waals surface area (Å²) >= 11 is 0. The van der Waals surface area contributed by atoms with Crippen LogP contribution in [0.4, 0.5) is 0 Å². The molecule has 0 radical (unpaired) electrons. The standard InChI is InChI=1S/C16H25O4P/c1-16(2,3)10-7-11-21(18)15(17)14-12(19-4)8-6-9-13(14)20-5/h6,8-9,21H,7,10-11H2,1-5H3. The average Bonchev–Trinajstić information content (AvgIpc) is 2.43. The average molecular weight is 312 g/mol. The molecule has 118 valence electrons. The van der Waals surface area contributed by atoms with Gasteiger partial charge in [0.1, 0.15) is 24.9 Å². The third-order valence-corrected chi connectivity index (χ3v) is 4.80. The molecule has 0 aliphatic carbocycles. The molecule has 4 nitrogen and oxygen atoms in total. The summed E-state index contributed by atoms with van der Waals surface area (Å²) in [4.78, 5) is 12.4. The minimum absolute atomic E-state index is 0.188. The highest BCUT2D eigenvalue weighted by Gasteiger charge is 2.23. The Kier molecular flexibility index (Phi) is 6.47. The van der Waals surface area contributed by atoms with E-state index in [-0.39, 0.29) is 10.9 Å². The van der Waals surface area contributed by atoms with E-state index in [0.717, 1.165) is 12.8 Å². The van der Waals surface area contributed by atoms with Crippen molar-refractivity contribution in [2.45, 2.75) is 33.6 Å². The van der Waals surface area contributed by atoms with Crippen LogP contribution >= 0.6 is 7.80 Å². The number of methoxy groups -OCH3 is 2. The van der Waals surface area contributed by atoms with E-state index >= 15 is 0 Å². The van der Waals surface area contributed by atoms with Crippen LogP contribution in [-0.2, 0) is 4.57 Å². The Morgan fingerprint density at radius 1 is 1.14 bits per heavy atom. The van der Waals surface area contributed by atoms with Crippen molar-refractivity contribution in [1.29, 1.82) is 0 Å². The molecule has 1 unspecified atom stereocenters. The van der Waals surface area contributed by atoms with Gasteiger partial charge in [-0.3, -0.25) is 4.79 Å². The lowest BCUT2D eigenvalue weighted by Gasteiger charge is -2.17. The lowest BCUT2D eigenvalue weighted by Crippen LogP contribution is -2.06. The summed E-state index contributed by atoms with van der Waals surface area (Å²) in [6.07, 6.45) is 2.16. The van der Waals surface area contributed by atoms with Crippen molar-refractivity contribution in [2.24, 2.45) is 5.41 Å². The van der Waals surface area contributed by atoms with Crippen molar-refractivity contribution < 1.29 is 18.8 Å². The molecule has 5 heteroatoms. The summed E-state index contributed by atoms with van der Waals surface area (Å²) in [7, 11) is 0.622. The van der Waals surface area contributed by atoms with E-state index in [1.165, 1.54) is 14.2 Å². The Hall–Kier alpha value is -1.28. The molecule has 0 bridgehead atoms. The topological polar surface area (TPSA) is 52.6 Å². The molecule has 1 rings (SSSR count). The van der Waals surface area contributed by atoms with Gasteiger partial charge >= 0.3 is 0 Å². The second kappa shape index (κ2) is 7.65. The quantitative estimate of drug-likeness (QED) is 0.707. The van der Waals surface area contributed by atoms with Crippen LogP contribution in [-0.4, -0.2) is 25.9 Å². The van der Waals surface area contributed by atoms with Crippen molar-refractivity contribution in [2.75, 3.05) is 20.4 Å². The zero-order valence-corrected chi connectivity index (χ0v) is 14.5. The van der Waals surface area contributed by atoms with E-state index < -0.39 is 7.80 Å². The Balaban J connectivity index is 2.86. The molecule has 21 heavy (non-hydrogen) atoms. The van der Waals surface area contributed by atoms with Gasteiger partial charge < -0.3 is 14.0 Å². The first-order chi connectivity index (χ1) is 9.80. The predicted octanol–water partition coefficient (Wildman–Crippen LogP) is 4.23. The summed E-state index contributed by atoms with van der Waals surface area (Å²) in [6.45, 7) is 6.40. The maximum Gasteiger partial charge on any atom is 0.225 e. The maximum atomic E-state index is 12.4. The molecule has 1 aromatic carbocycles. The molecule has 0 saturated carbocycles. The monoisotopic (exact) mass is 312 g/mol. The van der Waals surface area contributed by atoms with Crippen molar-refractivity contribution in [1.82, 2.24) is 0 Å². The van der Waals surface area contributed by atoms with Crippen molar-refractivity contribution >= 4 is 13.3 Å². The molecule has 0 aliphatic rings. The highest BCUT2D eigenvalue weighted by Crippen LogP contribution is 2.38. The van der Waals surface area contributed by atoms with Crippen molar-refractivity contribution in [3.8, 4) is 11.5 Å². The molecule has 0 amide bonds. The first-order valence-electron chi connectivity index (χ1n) is 7.08. The molecule has 0 N–H and O–H groups in total. The first-order valence-corrected chi connectivity index (χ1v) is 8.70. The van der Waals surface area contributed by atoms with Gasteiger partial charge in [-0.05, 0) is 30.4 Å². The number of benzene rings is 1. The van der Waals surface area contributed by atoms with Crippen LogP contribution in [0.5, 0.6) is 11.5 Å². The van der Waals surface area contributed by atoms with Gasteiger partial charge in [-0.1, -0.05) is 26.8 Å². The predicted molar refractivity (Wildman–Crippen MR) is 86.4 cm³/mol. The molecule has 1 atom stereocenters. The van der Waals surface area contributed by atoms with Crippen LogP contribution in [0.25, 0.3) is 0 Å². The fourth-order valence-corrected chi connectivity index (χ4v) is 3.36. The highest BCUT2D eigenvalue weighted by atomic mass is 31.1. The van der Waals surface area contributed by atoms with Gasteiger partial charge in [0.15, 0.2) is 0 Å². The normalized spacial score (nSPS) is 12.8. The Bertz CT molecular complexity index is 495. The smallest absolute Gasteiger partial charge is 0.225 e. The lowest BCUT2D eigenvalue weighted by molar-refractivity contribution is 0.107. The molecule has 0 aromatic heterocycles. The zero-order chi connectivity index (χ0) is 16.0. The SMILES string of the molecule is COc1cccc(OC)c1C(=O)[PH](=O)CCCC(C)(C)C. The van der Waals surface area contributed by atoms with E-state index in [4.69, 9.17) is 9.47 Å². The van der Waals surface area contributed by atoms with Crippen LogP contribution in [0, 0.1) is 5.41 Å². The Morgan fingerprint density at radius 3 is 2.10 bits per heavy atom. The number of hydrogen-bond acceptors (Lipinski definition) is 4. The third kappa shape index (κ3) is 5.20. The molecule has 0 heterocycles. The molecule has 0 fully saturated rings. The second-order valence-corrected chi connectivity index (χ2v) is 8.00. The minimum Gasteiger partial charge on any atom is -0.496 e. The van der Waals surface area contributed by atoms with E-state index in [0.29, 0.717) is 23.2 Å². The summed E-state index contributed by atoms with van der Waals surface area (Å²) in [5.74, 6) is 0.821. The number of carbonyl (C=O) groups excluding carboxylic acids is 1. The number of rotatable bonds is 7. The van der Waals surface area contributed by atoms with E-state index in [9.17, 15) is 9.36 Å². The second-order valence-electron chi connectivity index (χ2n) is 6.20. The third-order valence-electron chi connectivity index (χ3n) is 3.24. The highest BCUT2D eigenvalue weighted by molar-refractivity contribution is 7.64. The molecule has 0 saturated heterocycles. The first kappa shape index (κ1) is 17.8. The van der Waals surface area contributed by atoms with Gasteiger partial charge in [-0.15, -0.1) is 0 Å². The van der Waals surface area contributed by atoms with E-state index in [1.54, 1.807) is 18.2 Å². The van der Waals surface area contributed by atoms with Gasteiger partial charge in [0.25, 0.3) is 0 Å². The largest absolute Gasteiger partial charge is 0.496 e. The maximum absolute atomic E-state index is 12.4. The summed E-state index contributed by atoms with van der Waals surface area (Å²) < 4.78 is 22.7. The Labute approximate surface area is 127 Å².